The summed E-state index contributed by atoms with van der Waals surface area (Å²) in [5.74, 6) is 1.38. The van der Waals surface area contributed by atoms with E-state index in [2.05, 4.69) is 17.1 Å². The quantitative estimate of drug-likeness (QED) is 0.371. The lowest BCUT2D eigenvalue weighted by Gasteiger charge is -2.19. The minimum atomic E-state index is -0.387. The van der Waals surface area contributed by atoms with Crippen LogP contribution in [0.1, 0.15) is 65.5 Å². The van der Waals surface area contributed by atoms with E-state index in [4.69, 9.17) is 9.26 Å². The lowest BCUT2D eigenvalue weighted by molar-refractivity contribution is -0.116. The topological polar surface area (TPSA) is 85.5 Å². The van der Waals surface area contributed by atoms with Crippen LogP contribution in [0.15, 0.2) is 4.52 Å². The van der Waals surface area contributed by atoms with Gasteiger partial charge in [-0.2, -0.15) is 0 Å². The number of aromatic nitrogens is 2. The summed E-state index contributed by atoms with van der Waals surface area (Å²) in [7, 11) is 0. The fourth-order valence-electron chi connectivity index (χ4n) is 2.76. The van der Waals surface area contributed by atoms with Crippen LogP contribution < -0.4 is 4.90 Å². The van der Waals surface area contributed by atoms with E-state index in [9.17, 15) is 9.59 Å². The molecule has 0 bridgehead atoms. The second-order valence-electron chi connectivity index (χ2n) is 6.68. The molecule has 0 radical (unpaired) electrons. The van der Waals surface area contributed by atoms with Gasteiger partial charge in [0.1, 0.15) is 10.6 Å². The zero-order valence-corrected chi connectivity index (χ0v) is 19.4. The molecule has 0 spiro atoms. The summed E-state index contributed by atoms with van der Waals surface area (Å²) in [6.45, 7) is 10.3. The van der Waals surface area contributed by atoms with Crippen LogP contribution in [0.25, 0.3) is 0 Å². The molecule has 29 heavy (non-hydrogen) atoms. The van der Waals surface area contributed by atoms with Gasteiger partial charge in [0, 0.05) is 17.9 Å². The van der Waals surface area contributed by atoms with Crippen molar-refractivity contribution < 1.29 is 18.8 Å². The first-order chi connectivity index (χ1) is 13.9. The Morgan fingerprint density at radius 1 is 1.17 bits per heavy atom. The van der Waals surface area contributed by atoms with Crippen molar-refractivity contribution in [3.8, 4) is 0 Å². The normalized spacial score (nSPS) is 10.9. The van der Waals surface area contributed by atoms with Gasteiger partial charge in [0.05, 0.1) is 23.7 Å². The number of thioether (sulfide) groups is 1. The number of rotatable bonds is 11. The number of aryl methyl sites for hydroxylation is 3. The molecule has 2 heterocycles. The van der Waals surface area contributed by atoms with Crippen molar-refractivity contribution >= 4 is 40.1 Å². The van der Waals surface area contributed by atoms with Crippen LogP contribution >= 0.6 is 23.1 Å². The second kappa shape index (κ2) is 11.3. The molecule has 0 aliphatic rings. The maximum atomic E-state index is 13.0. The van der Waals surface area contributed by atoms with Gasteiger partial charge >= 0.3 is 5.97 Å². The number of nitrogens with zero attached hydrogens (tertiary/aromatic N) is 3. The number of anilines is 1. The number of esters is 1. The SMILES string of the molecule is CCCCCN(C(=O)CSCc1c(C)noc1C)c1nc(C)c(C(=O)OCC)s1. The summed E-state index contributed by atoms with van der Waals surface area (Å²) in [5, 5.41) is 4.51. The van der Waals surface area contributed by atoms with Crippen molar-refractivity contribution in [3.63, 3.8) is 0 Å². The Morgan fingerprint density at radius 2 is 1.93 bits per heavy atom. The van der Waals surface area contributed by atoms with Gasteiger partial charge in [-0.1, -0.05) is 36.3 Å². The molecule has 7 nitrogen and oxygen atoms in total. The number of amides is 1. The Hall–Kier alpha value is -1.87. The number of carbonyl (C=O) groups is 2. The van der Waals surface area contributed by atoms with E-state index in [0.717, 1.165) is 36.3 Å². The van der Waals surface area contributed by atoms with Crippen molar-refractivity contribution in [2.24, 2.45) is 0 Å². The summed E-state index contributed by atoms with van der Waals surface area (Å²) in [4.78, 5) is 31.7. The highest BCUT2D eigenvalue weighted by Gasteiger charge is 2.24. The molecule has 0 fully saturated rings. The maximum Gasteiger partial charge on any atom is 0.350 e. The van der Waals surface area contributed by atoms with Crippen molar-refractivity contribution in [1.82, 2.24) is 10.1 Å². The molecule has 160 valence electrons. The zero-order valence-electron chi connectivity index (χ0n) is 17.7. The third kappa shape index (κ3) is 6.30. The maximum absolute atomic E-state index is 13.0. The zero-order chi connectivity index (χ0) is 21.4. The number of ether oxygens (including phenoxy) is 1. The van der Waals surface area contributed by atoms with Gasteiger partial charge < -0.3 is 9.26 Å². The molecule has 0 unspecified atom stereocenters. The van der Waals surface area contributed by atoms with E-state index in [0.29, 0.717) is 40.4 Å². The number of hydrogen-bond donors (Lipinski definition) is 0. The third-order valence-electron chi connectivity index (χ3n) is 4.42. The van der Waals surface area contributed by atoms with Gasteiger partial charge in [0.2, 0.25) is 5.91 Å². The third-order valence-corrected chi connectivity index (χ3v) is 6.52. The number of thiazole rings is 1. The smallest absolute Gasteiger partial charge is 0.350 e. The van der Waals surface area contributed by atoms with Crippen molar-refractivity contribution in [1.29, 1.82) is 0 Å². The van der Waals surface area contributed by atoms with Crippen LogP contribution in [-0.4, -0.2) is 40.9 Å². The second-order valence-corrected chi connectivity index (χ2v) is 8.64. The van der Waals surface area contributed by atoms with E-state index in [1.54, 1.807) is 18.7 Å². The van der Waals surface area contributed by atoms with Gasteiger partial charge in [-0.15, -0.1) is 11.8 Å². The highest BCUT2D eigenvalue weighted by Crippen LogP contribution is 2.28. The molecule has 0 aliphatic carbocycles. The average Bonchev–Trinajstić information content (AvgIpc) is 3.22. The van der Waals surface area contributed by atoms with E-state index in [-0.39, 0.29) is 11.9 Å². The largest absolute Gasteiger partial charge is 0.462 e. The summed E-state index contributed by atoms with van der Waals surface area (Å²) < 4.78 is 10.3. The van der Waals surface area contributed by atoms with Crippen LogP contribution in [0.3, 0.4) is 0 Å². The van der Waals surface area contributed by atoms with Gasteiger partial charge in [-0.05, 0) is 34.1 Å². The summed E-state index contributed by atoms with van der Waals surface area (Å²) in [5.41, 5.74) is 2.49. The van der Waals surface area contributed by atoms with Crippen molar-refractivity contribution in [2.75, 3.05) is 23.8 Å². The van der Waals surface area contributed by atoms with E-state index in [1.165, 1.54) is 23.1 Å². The highest BCUT2D eigenvalue weighted by molar-refractivity contribution is 7.99. The fourth-order valence-corrected chi connectivity index (χ4v) is 4.81. The molecule has 0 atom stereocenters. The molecule has 2 aromatic rings. The van der Waals surface area contributed by atoms with Crippen LogP contribution in [-0.2, 0) is 15.3 Å². The van der Waals surface area contributed by atoms with E-state index < -0.39 is 0 Å². The molecule has 0 aromatic carbocycles. The van der Waals surface area contributed by atoms with E-state index >= 15 is 0 Å². The molecule has 9 heteroatoms. The van der Waals surface area contributed by atoms with Gasteiger partial charge in [-0.3, -0.25) is 9.69 Å². The number of carbonyl (C=O) groups excluding carboxylic acids is 2. The standard InChI is InChI=1S/C20H29N3O4S2/c1-6-8-9-10-23(20-21-14(4)18(29-20)19(25)26-7-2)17(24)12-28-11-16-13(3)22-27-15(16)5/h6-12H2,1-5H3. The Kier molecular flexibility index (Phi) is 9.16. The first-order valence-corrected chi connectivity index (χ1v) is 11.8. The lowest BCUT2D eigenvalue weighted by Crippen LogP contribution is -2.33. The molecule has 0 saturated heterocycles. The number of hydrogen-bond acceptors (Lipinski definition) is 8. The summed E-state index contributed by atoms with van der Waals surface area (Å²) >= 11 is 2.75. The molecular formula is C20H29N3O4S2. The van der Waals surface area contributed by atoms with Crippen molar-refractivity contribution in [3.05, 3.63) is 27.6 Å². The van der Waals surface area contributed by atoms with Crippen molar-refractivity contribution in [2.45, 2.75) is 59.6 Å². The highest BCUT2D eigenvalue weighted by atomic mass is 32.2. The lowest BCUT2D eigenvalue weighted by atomic mass is 10.2. The van der Waals surface area contributed by atoms with Crippen LogP contribution in [0.5, 0.6) is 0 Å². The molecule has 0 aliphatic heterocycles. The van der Waals surface area contributed by atoms with Gasteiger partial charge in [0.25, 0.3) is 0 Å². The molecule has 0 N–H and O–H groups in total. The average molecular weight is 440 g/mol. The number of unbranched alkanes of at least 4 members (excludes halogenated alkanes) is 2. The molecule has 2 rings (SSSR count). The Bertz CT molecular complexity index is 812. The minimum Gasteiger partial charge on any atom is -0.462 e. The van der Waals surface area contributed by atoms with Crippen LogP contribution in [0.2, 0.25) is 0 Å². The Labute approximate surface area is 180 Å². The molecule has 0 saturated carbocycles. The van der Waals surface area contributed by atoms with Gasteiger partial charge in [0.15, 0.2) is 5.13 Å². The summed E-state index contributed by atoms with van der Waals surface area (Å²) in [6, 6.07) is 0. The first-order valence-electron chi connectivity index (χ1n) is 9.83. The molecular weight excluding hydrogens is 410 g/mol. The monoisotopic (exact) mass is 439 g/mol. The Balaban J connectivity index is 2.09. The predicted octanol–water partition coefficient (Wildman–Crippen LogP) is 4.69. The van der Waals surface area contributed by atoms with Crippen LogP contribution in [0.4, 0.5) is 5.13 Å². The first kappa shape index (κ1) is 23.4. The van der Waals surface area contributed by atoms with Gasteiger partial charge in [-0.25, -0.2) is 9.78 Å². The summed E-state index contributed by atoms with van der Waals surface area (Å²) in [6.07, 6.45) is 2.99. The fraction of sp³-hybridized carbons (Fsp3) is 0.600. The minimum absolute atomic E-state index is 0.0120. The van der Waals surface area contributed by atoms with E-state index in [1.807, 2.05) is 13.8 Å². The predicted molar refractivity (Wildman–Crippen MR) is 117 cm³/mol. The molecule has 1 amide bonds. The Morgan fingerprint density at radius 3 is 2.55 bits per heavy atom. The van der Waals surface area contributed by atoms with Crippen LogP contribution in [0, 0.1) is 20.8 Å². The molecule has 2 aromatic heterocycles.